The van der Waals surface area contributed by atoms with Gasteiger partial charge in [0.15, 0.2) is 5.82 Å². The van der Waals surface area contributed by atoms with Crippen LogP contribution in [0.4, 0.5) is 0 Å². The summed E-state index contributed by atoms with van der Waals surface area (Å²) in [4.78, 5) is 16.5. The van der Waals surface area contributed by atoms with E-state index in [1.807, 2.05) is 66.1 Å². The minimum absolute atomic E-state index is 0.0858. The number of hydrogen-bond donors (Lipinski definition) is 1. The first kappa shape index (κ1) is 15.3. The van der Waals surface area contributed by atoms with E-state index in [0.29, 0.717) is 5.82 Å². The second kappa shape index (κ2) is 5.98. The lowest BCUT2D eigenvalue weighted by Gasteiger charge is -2.12. The number of fused-ring (bicyclic) bond motifs is 3. The Morgan fingerprint density at radius 3 is 2.56 bits per heavy atom. The Morgan fingerprint density at radius 1 is 1.08 bits per heavy atom. The molecule has 0 saturated heterocycles. The molecule has 6 nitrogen and oxygen atoms in total. The lowest BCUT2D eigenvalue weighted by molar-refractivity contribution is -0.118. The fourth-order valence-electron chi connectivity index (χ4n) is 3.20. The van der Waals surface area contributed by atoms with Gasteiger partial charge in [-0.2, -0.15) is 0 Å². The molecule has 124 valence electrons. The number of para-hydroxylation sites is 1. The third-order valence-corrected chi connectivity index (χ3v) is 4.27. The molecule has 1 amide bonds. The number of amides is 1. The number of benzene rings is 2. The topological polar surface area (TPSA) is 86.2 Å². The molecule has 6 heteroatoms. The van der Waals surface area contributed by atoms with Crippen molar-refractivity contribution in [2.75, 3.05) is 0 Å². The fraction of sp³-hybridized carbons (Fsp3) is 0.158. The molecule has 2 N–H and O–H groups in total. The van der Waals surface area contributed by atoms with Crippen LogP contribution in [-0.4, -0.2) is 26.4 Å². The molecule has 0 aliphatic carbocycles. The van der Waals surface area contributed by atoms with Crippen LogP contribution in [0.15, 0.2) is 59.6 Å². The first-order valence-corrected chi connectivity index (χ1v) is 8.08. The maximum Gasteiger partial charge on any atom is 0.220 e. The highest BCUT2D eigenvalue weighted by molar-refractivity contribution is 6.15. The summed E-state index contributed by atoms with van der Waals surface area (Å²) in [5.41, 5.74) is 9.20. The van der Waals surface area contributed by atoms with Crippen molar-refractivity contribution < 1.29 is 4.79 Å². The van der Waals surface area contributed by atoms with Crippen molar-refractivity contribution in [3.8, 4) is 5.69 Å². The van der Waals surface area contributed by atoms with Gasteiger partial charge in [-0.1, -0.05) is 48.5 Å². The van der Waals surface area contributed by atoms with Gasteiger partial charge in [0.25, 0.3) is 0 Å². The molecule has 0 fully saturated rings. The van der Waals surface area contributed by atoms with Gasteiger partial charge in [-0.15, -0.1) is 10.2 Å². The van der Waals surface area contributed by atoms with Gasteiger partial charge >= 0.3 is 0 Å². The zero-order chi connectivity index (χ0) is 17.4. The van der Waals surface area contributed by atoms with Crippen LogP contribution in [0.25, 0.3) is 5.69 Å². The van der Waals surface area contributed by atoms with Crippen molar-refractivity contribution in [3.05, 3.63) is 77.4 Å². The largest absolute Gasteiger partial charge is 0.370 e. The molecule has 1 aliphatic rings. The van der Waals surface area contributed by atoms with E-state index in [1.165, 1.54) is 0 Å². The number of nitrogens with zero attached hydrogens (tertiary/aromatic N) is 4. The number of rotatable bonds is 3. The maximum atomic E-state index is 11.6. The van der Waals surface area contributed by atoms with E-state index in [1.54, 1.807) is 0 Å². The summed E-state index contributed by atoms with van der Waals surface area (Å²) in [6.45, 7) is 1.89. The van der Waals surface area contributed by atoms with E-state index in [0.717, 1.165) is 28.4 Å². The van der Waals surface area contributed by atoms with E-state index in [-0.39, 0.29) is 6.42 Å². The average molecular weight is 331 g/mol. The van der Waals surface area contributed by atoms with E-state index in [4.69, 9.17) is 10.7 Å². The Labute approximate surface area is 145 Å². The monoisotopic (exact) mass is 331 g/mol. The third kappa shape index (κ3) is 2.61. The molecule has 0 spiro atoms. The molecule has 1 aromatic heterocycles. The highest BCUT2D eigenvalue weighted by atomic mass is 16.1. The van der Waals surface area contributed by atoms with Crippen LogP contribution >= 0.6 is 0 Å². The zero-order valence-corrected chi connectivity index (χ0v) is 13.8. The molecule has 0 radical (unpaired) electrons. The van der Waals surface area contributed by atoms with Crippen LogP contribution in [0.1, 0.15) is 35.2 Å². The molecule has 1 aliphatic heterocycles. The summed E-state index contributed by atoms with van der Waals surface area (Å²) in [5.74, 6) is 0.968. The van der Waals surface area contributed by atoms with Gasteiger partial charge in [0.05, 0.1) is 17.8 Å². The number of aryl methyl sites for hydroxylation is 1. The normalized spacial score (nSPS) is 15.7. The van der Waals surface area contributed by atoms with Crippen LogP contribution in [0.5, 0.6) is 0 Å². The van der Waals surface area contributed by atoms with E-state index < -0.39 is 11.9 Å². The molecule has 1 atom stereocenters. The number of hydrogen-bond acceptors (Lipinski definition) is 4. The smallest absolute Gasteiger partial charge is 0.220 e. The zero-order valence-electron chi connectivity index (χ0n) is 13.8. The number of carbonyl (C=O) groups is 1. The van der Waals surface area contributed by atoms with Crippen LogP contribution in [0.3, 0.4) is 0 Å². The maximum absolute atomic E-state index is 11.6. The lowest BCUT2D eigenvalue weighted by Crippen LogP contribution is -2.17. The molecule has 3 aromatic rings. The standard InChI is InChI=1S/C19H17N5O/c1-12-22-23-19-15(11-17(20)25)21-18(13-7-3-2-4-8-13)14-9-5-6-10-16(14)24(12)19/h2-10,15H,11H2,1H3,(H2,20,25)/t15-/m0/s1. The highest BCUT2D eigenvalue weighted by Crippen LogP contribution is 2.32. The first-order valence-electron chi connectivity index (χ1n) is 8.08. The Bertz CT molecular complexity index is 974. The van der Waals surface area contributed by atoms with Gasteiger partial charge in [0.2, 0.25) is 5.91 Å². The molecule has 0 bridgehead atoms. The van der Waals surface area contributed by atoms with Crippen molar-refractivity contribution in [3.63, 3.8) is 0 Å². The van der Waals surface area contributed by atoms with Gasteiger partial charge < -0.3 is 5.73 Å². The van der Waals surface area contributed by atoms with Gasteiger partial charge in [0, 0.05) is 11.1 Å². The SMILES string of the molecule is Cc1nnc2n1-c1ccccc1C(c1ccccc1)=N[C@H]2CC(N)=O. The highest BCUT2D eigenvalue weighted by Gasteiger charge is 2.28. The Balaban J connectivity index is 2.01. The van der Waals surface area contributed by atoms with E-state index >= 15 is 0 Å². The Hall–Kier alpha value is -3.28. The molecule has 25 heavy (non-hydrogen) atoms. The number of aliphatic imine (C=N–C) groups is 1. The van der Waals surface area contributed by atoms with Crippen LogP contribution in [0.2, 0.25) is 0 Å². The number of carbonyl (C=O) groups excluding carboxylic acids is 1. The van der Waals surface area contributed by atoms with Crippen molar-refractivity contribution in [2.45, 2.75) is 19.4 Å². The Kier molecular flexibility index (Phi) is 3.65. The van der Waals surface area contributed by atoms with Crippen LogP contribution in [-0.2, 0) is 4.79 Å². The summed E-state index contributed by atoms with van der Waals surface area (Å²) in [7, 11) is 0. The molecule has 2 aromatic carbocycles. The molecular weight excluding hydrogens is 314 g/mol. The van der Waals surface area contributed by atoms with Crippen LogP contribution in [0, 0.1) is 6.92 Å². The van der Waals surface area contributed by atoms with Gasteiger partial charge in [-0.25, -0.2) is 0 Å². The predicted molar refractivity (Wildman–Crippen MR) is 94.7 cm³/mol. The number of primary amides is 1. The van der Waals surface area contributed by atoms with Crippen molar-refractivity contribution in [2.24, 2.45) is 10.7 Å². The third-order valence-electron chi connectivity index (χ3n) is 4.27. The second-order valence-corrected chi connectivity index (χ2v) is 5.99. The van der Waals surface area contributed by atoms with E-state index in [9.17, 15) is 4.79 Å². The lowest BCUT2D eigenvalue weighted by atomic mass is 10.0. The molecule has 4 rings (SSSR count). The quantitative estimate of drug-likeness (QED) is 0.799. The number of nitrogens with two attached hydrogens (primary N) is 1. The van der Waals surface area contributed by atoms with Crippen molar-refractivity contribution in [1.82, 2.24) is 14.8 Å². The van der Waals surface area contributed by atoms with Gasteiger partial charge in [0.1, 0.15) is 11.9 Å². The summed E-state index contributed by atoms with van der Waals surface area (Å²) < 4.78 is 1.96. The summed E-state index contributed by atoms with van der Waals surface area (Å²) in [6, 6.07) is 17.4. The predicted octanol–water partition coefficient (Wildman–Crippen LogP) is 2.34. The summed E-state index contributed by atoms with van der Waals surface area (Å²) in [6.07, 6.45) is 0.0858. The molecule has 2 heterocycles. The molecule has 0 unspecified atom stereocenters. The van der Waals surface area contributed by atoms with Gasteiger partial charge in [-0.05, 0) is 13.0 Å². The molecular formula is C19H17N5O. The minimum atomic E-state index is -0.471. The fourth-order valence-corrected chi connectivity index (χ4v) is 3.20. The number of aromatic nitrogens is 3. The molecule has 0 saturated carbocycles. The average Bonchev–Trinajstić information content (AvgIpc) is 2.94. The van der Waals surface area contributed by atoms with E-state index in [2.05, 4.69) is 10.2 Å². The van der Waals surface area contributed by atoms with Gasteiger partial charge in [-0.3, -0.25) is 14.4 Å². The summed E-state index contributed by atoms with van der Waals surface area (Å²) in [5, 5.41) is 8.46. The van der Waals surface area contributed by atoms with Crippen LogP contribution < -0.4 is 5.73 Å². The first-order chi connectivity index (χ1) is 12.1. The minimum Gasteiger partial charge on any atom is -0.370 e. The Morgan fingerprint density at radius 2 is 1.80 bits per heavy atom. The van der Waals surface area contributed by atoms with Crippen molar-refractivity contribution >= 4 is 11.6 Å². The summed E-state index contributed by atoms with van der Waals surface area (Å²) >= 11 is 0. The second-order valence-electron chi connectivity index (χ2n) is 5.99. The van der Waals surface area contributed by atoms with Crippen molar-refractivity contribution in [1.29, 1.82) is 0 Å².